The van der Waals surface area contributed by atoms with Crippen molar-refractivity contribution in [2.45, 2.75) is 149 Å². The normalized spacial score (nSPS) is 36.7. The summed E-state index contributed by atoms with van der Waals surface area (Å²) in [6.07, 6.45) is 30.4. The summed E-state index contributed by atoms with van der Waals surface area (Å²) in [5, 5.41) is 9.40. The van der Waals surface area contributed by atoms with Gasteiger partial charge in [-0.2, -0.15) is 5.26 Å². The van der Waals surface area contributed by atoms with E-state index in [-0.39, 0.29) is 5.41 Å². The van der Waals surface area contributed by atoms with Gasteiger partial charge in [0, 0.05) is 0 Å². The van der Waals surface area contributed by atoms with Gasteiger partial charge in [-0.05, 0) is 101 Å². The van der Waals surface area contributed by atoms with Gasteiger partial charge in [0.15, 0.2) is 0 Å². The smallest absolute Gasteiger partial charge is 0.0686 e. The van der Waals surface area contributed by atoms with Gasteiger partial charge in [-0.15, -0.1) is 0 Å². The van der Waals surface area contributed by atoms with Gasteiger partial charge >= 0.3 is 0 Å². The van der Waals surface area contributed by atoms with E-state index in [1.165, 1.54) is 109 Å². The Labute approximate surface area is 195 Å². The van der Waals surface area contributed by atoms with E-state index in [9.17, 15) is 5.26 Å². The minimum atomic E-state index is -0.0129. The summed E-state index contributed by atoms with van der Waals surface area (Å²) in [5.74, 6) is 5.09. The van der Waals surface area contributed by atoms with E-state index < -0.39 is 0 Å². The van der Waals surface area contributed by atoms with Crippen LogP contribution < -0.4 is 0 Å². The molecule has 0 spiro atoms. The lowest BCUT2D eigenvalue weighted by atomic mass is 9.63. The Morgan fingerprint density at radius 1 is 0.613 bits per heavy atom. The van der Waals surface area contributed by atoms with E-state index in [2.05, 4.69) is 19.9 Å². The highest BCUT2D eigenvalue weighted by Crippen LogP contribution is 2.48. The first-order valence-corrected chi connectivity index (χ1v) is 14.5. The van der Waals surface area contributed by atoms with Crippen molar-refractivity contribution in [3.05, 3.63) is 0 Å². The predicted molar refractivity (Wildman–Crippen MR) is 134 cm³/mol. The largest absolute Gasteiger partial charge is 0.198 e. The van der Waals surface area contributed by atoms with Crippen LogP contribution >= 0.6 is 0 Å². The van der Waals surface area contributed by atoms with Crippen LogP contribution in [0.25, 0.3) is 0 Å². The highest BCUT2D eigenvalue weighted by Gasteiger charge is 2.37. The average molecular weight is 428 g/mol. The minimum Gasteiger partial charge on any atom is -0.198 e. The Morgan fingerprint density at radius 2 is 1.03 bits per heavy atom. The SMILES string of the molecule is CCCCCCCCCC[C@H]1CC[C@H](C2CCC([C@H]3CC[C@](C)(C#N)CC3)CC2)CC1. The molecule has 1 nitrogen and oxygen atoms in total. The second-order valence-electron chi connectivity index (χ2n) is 12.2. The zero-order valence-corrected chi connectivity index (χ0v) is 21.2. The van der Waals surface area contributed by atoms with Crippen molar-refractivity contribution in [1.82, 2.24) is 0 Å². The van der Waals surface area contributed by atoms with Crippen molar-refractivity contribution >= 4 is 0 Å². The van der Waals surface area contributed by atoms with Gasteiger partial charge in [0.05, 0.1) is 11.5 Å². The summed E-state index contributed by atoms with van der Waals surface area (Å²) in [5.41, 5.74) is -0.0129. The molecule has 3 saturated carbocycles. The highest BCUT2D eigenvalue weighted by molar-refractivity contribution is 4.99. The molecule has 3 fully saturated rings. The third-order valence-electron chi connectivity index (χ3n) is 9.91. The first-order chi connectivity index (χ1) is 15.1. The van der Waals surface area contributed by atoms with Gasteiger partial charge in [0.1, 0.15) is 0 Å². The molecule has 178 valence electrons. The van der Waals surface area contributed by atoms with Crippen LogP contribution in [0.3, 0.4) is 0 Å². The molecule has 0 N–H and O–H groups in total. The van der Waals surface area contributed by atoms with Crippen molar-refractivity contribution in [2.75, 3.05) is 0 Å². The summed E-state index contributed by atoms with van der Waals surface area (Å²) in [7, 11) is 0. The topological polar surface area (TPSA) is 23.8 Å². The van der Waals surface area contributed by atoms with Crippen LogP contribution in [0, 0.1) is 46.3 Å². The number of nitriles is 1. The van der Waals surface area contributed by atoms with Crippen LogP contribution in [0.4, 0.5) is 0 Å². The van der Waals surface area contributed by atoms with Gasteiger partial charge in [-0.1, -0.05) is 77.6 Å². The fourth-order valence-electron chi connectivity index (χ4n) is 7.46. The summed E-state index contributed by atoms with van der Waals surface area (Å²) < 4.78 is 0. The summed E-state index contributed by atoms with van der Waals surface area (Å²) in [6.45, 7) is 4.49. The summed E-state index contributed by atoms with van der Waals surface area (Å²) in [4.78, 5) is 0. The molecule has 3 aliphatic rings. The van der Waals surface area contributed by atoms with E-state index in [1.807, 2.05) is 0 Å². The third-order valence-corrected chi connectivity index (χ3v) is 9.91. The Hall–Kier alpha value is -0.510. The standard InChI is InChI=1S/C30H53N/c1-3-4-5-6-7-8-9-10-11-25-12-14-26(15-13-25)27-16-18-28(19-17-27)29-20-22-30(2,24-31)23-21-29/h25-29H,3-23H2,1-2H3/t25-,26-,27?,28?,29-,30-. The zero-order valence-electron chi connectivity index (χ0n) is 21.2. The molecule has 0 atom stereocenters. The second-order valence-corrected chi connectivity index (χ2v) is 12.2. The fraction of sp³-hybridized carbons (Fsp3) is 0.967. The number of hydrogen-bond acceptors (Lipinski definition) is 1. The molecule has 0 saturated heterocycles. The molecule has 0 radical (unpaired) electrons. The molecule has 0 aromatic carbocycles. The van der Waals surface area contributed by atoms with Gasteiger partial charge in [-0.25, -0.2) is 0 Å². The quantitative estimate of drug-likeness (QED) is 0.301. The lowest BCUT2D eigenvalue weighted by Crippen LogP contribution is -2.31. The van der Waals surface area contributed by atoms with Gasteiger partial charge < -0.3 is 0 Å². The molecule has 0 unspecified atom stereocenters. The van der Waals surface area contributed by atoms with Gasteiger partial charge in [0.25, 0.3) is 0 Å². The van der Waals surface area contributed by atoms with Crippen LogP contribution in [0.2, 0.25) is 0 Å². The van der Waals surface area contributed by atoms with Crippen molar-refractivity contribution < 1.29 is 0 Å². The van der Waals surface area contributed by atoms with E-state index in [0.717, 1.165) is 42.4 Å². The molecule has 0 aromatic rings. The van der Waals surface area contributed by atoms with Crippen LogP contribution in [-0.2, 0) is 0 Å². The molecule has 0 bridgehead atoms. The first kappa shape index (κ1) is 25.1. The Balaban J connectivity index is 1.23. The maximum absolute atomic E-state index is 9.40. The van der Waals surface area contributed by atoms with Crippen LogP contribution in [0.1, 0.15) is 149 Å². The molecule has 0 aromatic heterocycles. The van der Waals surface area contributed by atoms with E-state index in [4.69, 9.17) is 0 Å². The minimum absolute atomic E-state index is 0.0129. The zero-order chi connectivity index (χ0) is 21.9. The first-order valence-electron chi connectivity index (χ1n) is 14.5. The molecule has 0 amide bonds. The average Bonchev–Trinajstić information content (AvgIpc) is 2.82. The third kappa shape index (κ3) is 8.09. The van der Waals surface area contributed by atoms with Gasteiger partial charge in [0.2, 0.25) is 0 Å². The number of nitrogens with zero attached hydrogens (tertiary/aromatic N) is 1. The second kappa shape index (κ2) is 13.3. The van der Waals surface area contributed by atoms with Crippen LogP contribution in [-0.4, -0.2) is 0 Å². The molecule has 0 heterocycles. The van der Waals surface area contributed by atoms with Crippen molar-refractivity contribution in [3.63, 3.8) is 0 Å². The fourth-order valence-corrected chi connectivity index (χ4v) is 7.46. The van der Waals surface area contributed by atoms with E-state index in [0.29, 0.717) is 0 Å². The maximum Gasteiger partial charge on any atom is 0.0686 e. The number of unbranched alkanes of at least 4 members (excludes halogenated alkanes) is 7. The van der Waals surface area contributed by atoms with Crippen molar-refractivity contribution in [3.8, 4) is 6.07 Å². The molecular weight excluding hydrogens is 374 g/mol. The molecule has 31 heavy (non-hydrogen) atoms. The van der Waals surface area contributed by atoms with E-state index in [1.54, 1.807) is 12.8 Å². The highest BCUT2D eigenvalue weighted by atomic mass is 14.4. The number of rotatable bonds is 11. The summed E-state index contributed by atoms with van der Waals surface area (Å²) in [6, 6.07) is 2.59. The Bertz CT molecular complexity index is 507. The molecular formula is C30H53N. The predicted octanol–water partition coefficient (Wildman–Crippen LogP) is 9.85. The van der Waals surface area contributed by atoms with Crippen LogP contribution in [0.5, 0.6) is 0 Å². The summed E-state index contributed by atoms with van der Waals surface area (Å²) >= 11 is 0. The lowest BCUT2D eigenvalue weighted by molar-refractivity contribution is 0.0962. The van der Waals surface area contributed by atoms with Crippen molar-refractivity contribution in [1.29, 1.82) is 5.26 Å². The molecule has 1 heteroatoms. The van der Waals surface area contributed by atoms with Gasteiger partial charge in [-0.3, -0.25) is 0 Å². The maximum atomic E-state index is 9.40. The monoisotopic (exact) mass is 427 g/mol. The van der Waals surface area contributed by atoms with Crippen LogP contribution in [0.15, 0.2) is 0 Å². The number of hydrogen-bond donors (Lipinski definition) is 0. The Morgan fingerprint density at radius 3 is 1.52 bits per heavy atom. The molecule has 0 aliphatic heterocycles. The lowest BCUT2D eigenvalue weighted by Gasteiger charge is -2.42. The van der Waals surface area contributed by atoms with E-state index >= 15 is 0 Å². The van der Waals surface area contributed by atoms with Crippen molar-refractivity contribution in [2.24, 2.45) is 35.0 Å². The molecule has 3 rings (SSSR count). The molecule has 3 aliphatic carbocycles. The Kier molecular flexibility index (Phi) is 10.7.